The molecule has 2 rings (SSSR count). The molecule has 0 heterocycles. The standard InChI is InChI=1S/C61H99N19O15/c1-8-31(5)47(78-51(87)38(62)27-34-14-18-36(82)19-15-34)57(93)77-44(29-46(64)85)55(91)76-43(26-30(3)4)56(92)79-48(32(6)9-2)58(94)80-49(33(7)81)59(95)74-40(13-11-25-71-61(68)69)52(88)73-41(22-23-45(63)84)54(90)72-39(12-10-24-70-60(66)67)53(89)75-42(50(65)86)28-35-16-20-37(83)21-17-35/h14-21,30-33,38-44,47-49,81-83H,8-13,22-29,62H2,1-7H3,(H2,63,84)(H2,64,85)(H2,65,86)(H,72,90)(H,73,88)(H,74,95)(H,75,89)(H,76,91)(H,77,93)(H,78,87)(H,79,92)(H,80,94)(H4,66,67,70)(H4,68,69,71)/t31-,32-,33-,38+,39-,40-,41-,42+,43-,44-,47-,48-,49+/m0/s1. The highest BCUT2D eigenvalue weighted by Crippen LogP contribution is 2.17. The fourth-order valence-corrected chi connectivity index (χ4v) is 9.46. The number of aromatic hydroxyl groups is 2. The van der Waals surface area contributed by atoms with Gasteiger partial charge in [-0.1, -0.05) is 78.6 Å². The Labute approximate surface area is 551 Å². The normalized spacial score (nSPS) is 15.2. The number of benzene rings is 2. The second-order valence-electron chi connectivity index (χ2n) is 23.8. The molecule has 34 nitrogen and oxygen atoms in total. The maximum absolute atomic E-state index is 14.4. The van der Waals surface area contributed by atoms with Crippen LogP contribution in [0.3, 0.4) is 0 Å². The molecule has 0 aliphatic rings. The third kappa shape index (κ3) is 30.2. The second kappa shape index (κ2) is 41.0. The van der Waals surface area contributed by atoms with Crippen LogP contribution in [0, 0.1) is 17.8 Å². The van der Waals surface area contributed by atoms with Crippen molar-refractivity contribution < 1.29 is 72.9 Å². The SMILES string of the molecule is CC[C@H](C)[C@H](NC(=O)[C@H](N)Cc1ccc(O)cc1)C(=O)N[C@@H](CC(N)=O)C(=O)N[C@@H](CC(C)C)C(=O)N[C@H](C(=O)N[C@@H](C(=O)N[C@@H](CCCN=C(N)N)C(=O)N[C@@H](CCC(N)=O)C(=O)N[C@@H](CCCN=C(N)N)C(=O)N[C@H](Cc1ccc(O)cc1)C(N)=O)[C@H](C)O)[C@@H](C)CC. The van der Waals surface area contributed by atoms with E-state index in [9.17, 15) is 72.9 Å². The van der Waals surface area contributed by atoms with Crippen molar-refractivity contribution >= 4 is 82.8 Å². The van der Waals surface area contributed by atoms with Crippen LogP contribution in [0.5, 0.6) is 11.5 Å². The summed E-state index contributed by atoms with van der Waals surface area (Å²) in [6.45, 7) is 11.2. The van der Waals surface area contributed by atoms with Crippen molar-refractivity contribution in [3.8, 4) is 11.5 Å². The van der Waals surface area contributed by atoms with Gasteiger partial charge in [-0.3, -0.25) is 67.5 Å². The fraction of sp³-hybridized carbons (Fsp3) is 0.574. The summed E-state index contributed by atoms with van der Waals surface area (Å²) in [6.07, 6.45) is -3.34. The number of amides is 12. The number of aliphatic hydroxyl groups is 1. The molecule has 95 heavy (non-hydrogen) atoms. The number of carbonyl (C=O) groups excluding carboxylic acids is 12. The highest BCUT2D eigenvalue weighted by Gasteiger charge is 2.39. The van der Waals surface area contributed by atoms with Crippen LogP contribution in [0.15, 0.2) is 58.5 Å². The molecule has 0 spiro atoms. The summed E-state index contributed by atoms with van der Waals surface area (Å²) < 4.78 is 0. The minimum Gasteiger partial charge on any atom is -0.508 e. The van der Waals surface area contributed by atoms with E-state index >= 15 is 0 Å². The van der Waals surface area contributed by atoms with E-state index in [-0.39, 0.29) is 93.8 Å². The average molecular weight is 1340 g/mol. The van der Waals surface area contributed by atoms with Gasteiger partial charge in [0.15, 0.2) is 11.9 Å². The topological polar surface area (TPSA) is 607 Å². The first kappa shape index (κ1) is 81.2. The number of hydrogen-bond acceptors (Lipinski definition) is 18. The average Bonchev–Trinajstić information content (AvgIpc) is 0.886. The second-order valence-corrected chi connectivity index (χ2v) is 23.8. The number of phenolic OH excluding ortho intramolecular Hbond substituents is 2. The van der Waals surface area contributed by atoms with E-state index in [1.54, 1.807) is 53.7 Å². The highest BCUT2D eigenvalue weighted by molar-refractivity contribution is 6.00. The van der Waals surface area contributed by atoms with Crippen LogP contribution in [-0.4, -0.2) is 178 Å². The van der Waals surface area contributed by atoms with Gasteiger partial charge in [-0.15, -0.1) is 0 Å². The Morgan fingerprint density at radius 3 is 1.20 bits per heavy atom. The Hall–Kier alpha value is -9.86. The molecule has 12 amide bonds. The first-order chi connectivity index (χ1) is 44.6. The summed E-state index contributed by atoms with van der Waals surface area (Å²) >= 11 is 0. The molecule has 0 fully saturated rings. The molecule has 2 aromatic carbocycles. The van der Waals surface area contributed by atoms with E-state index in [0.717, 1.165) is 6.92 Å². The van der Waals surface area contributed by atoms with E-state index in [0.29, 0.717) is 17.5 Å². The van der Waals surface area contributed by atoms with E-state index < -0.39 is 169 Å². The van der Waals surface area contributed by atoms with Gasteiger partial charge in [0, 0.05) is 25.9 Å². The molecule has 0 bridgehead atoms. The molecule has 0 saturated heterocycles. The lowest BCUT2D eigenvalue weighted by molar-refractivity contribution is -0.138. The van der Waals surface area contributed by atoms with Gasteiger partial charge in [0.2, 0.25) is 70.9 Å². The monoisotopic (exact) mass is 1340 g/mol. The van der Waals surface area contributed by atoms with Gasteiger partial charge >= 0.3 is 0 Å². The minimum absolute atomic E-state index is 0.00262. The van der Waals surface area contributed by atoms with Crippen LogP contribution in [0.25, 0.3) is 0 Å². The van der Waals surface area contributed by atoms with Crippen LogP contribution in [-0.2, 0) is 70.4 Å². The van der Waals surface area contributed by atoms with E-state index in [2.05, 4.69) is 57.8 Å². The number of nitrogens with one attached hydrogen (secondary N) is 9. The van der Waals surface area contributed by atoms with Gasteiger partial charge < -0.3 is 109 Å². The molecule has 528 valence electrons. The lowest BCUT2D eigenvalue weighted by atomic mass is 9.95. The van der Waals surface area contributed by atoms with Gasteiger partial charge in [-0.2, -0.15) is 0 Å². The molecule has 0 unspecified atom stereocenters. The van der Waals surface area contributed by atoms with Crippen LogP contribution >= 0.6 is 0 Å². The Kier molecular flexibility index (Phi) is 35.0. The van der Waals surface area contributed by atoms with Crippen LogP contribution in [0.1, 0.15) is 124 Å². The molecule has 13 atom stereocenters. The van der Waals surface area contributed by atoms with Crippen molar-refractivity contribution in [1.29, 1.82) is 0 Å². The molecule has 0 aliphatic carbocycles. The zero-order chi connectivity index (χ0) is 71.8. The largest absolute Gasteiger partial charge is 0.508 e. The van der Waals surface area contributed by atoms with Crippen molar-refractivity contribution in [3.05, 3.63) is 59.7 Å². The number of hydrogen-bond donors (Lipinski definition) is 20. The minimum atomic E-state index is -1.87. The van der Waals surface area contributed by atoms with Gasteiger partial charge in [0.1, 0.15) is 65.9 Å². The summed E-state index contributed by atoms with van der Waals surface area (Å²) in [6, 6.07) is -3.30. The summed E-state index contributed by atoms with van der Waals surface area (Å²) in [7, 11) is 0. The number of phenols is 2. The fourth-order valence-electron chi connectivity index (χ4n) is 9.46. The van der Waals surface area contributed by atoms with Gasteiger partial charge in [0.25, 0.3) is 0 Å². The third-order valence-electron chi connectivity index (χ3n) is 15.3. The third-order valence-corrected chi connectivity index (χ3v) is 15.3. The number of rotatable bonds is 43. The number of aliphatic hydroxyl groups excluding tert-OH is 1. The molecule has 28 N–H and O–H groups in total. The Morgan fingerprint density at radius 1 is 0.432 bits per heavy atom. The Morgan fingerprint density at radius 2 is 0.789 bits per heavy atom. The van der Waals surface area contributed by atoms with Gasteiger partial charge in [-0.05, 0) is 105 Å². The van der Waals surface area contributed by atoms with Crippen molar-refractivity contribution in [3.63, 3.8) is 0 Å². The first-order valence-corrected chi connectivity index (χ1v) is 31.3. The highest BCUT2D eigenvalue weighted by atomic mass is 16.3. The quantitative estimate of drug-likeness (QED) is 0.0168. The summed E-state index contributed by atoms with van der Waals surface area (Å²) in [5, 5.41) is 53.2. The Bertz CT molecular complexity index is 2980. The number of primary amides is 3. The molecule has 34 heteroatoms. The molecular weight excluding hydrogens is 1240 g/mol. The molecule has 0 radical (unpaired) electrons. The lowest BCUT2D eigenvalue weighted by Crippen LogP contribution is -2.63. The summed E-state index contributed by atoms with van der Waals surface area (Å²) in [4.78, 5) is 172. The van der Waals surface area contributed by atoms with Crippen LogP contribution < -0.4 is 93.7 Å². The summed E-state index contributed by atoms with van der Waals surface area (Å²) in [5.74, 6) is -13.8. The predicted molar refractivity (Wildman–Crippen MR) is 350 cm³/mol. The zero-order valence-electron chi connectivity index (χ0n) is 54.9. The molecular formula is C61H99N19O15. The van der Waals surface area contributed by atoms with E-state index in [4.69, 9.17) is 45.9 Å². The van der Waals surface area contributed by atoms with Gasteiger partial charge in [0.05, 0.1) is 18.6 Å². The Balaban J connectivity index is 2.49. The van der Waals surface area contributed by atoms with E-state index in [1.807, 2.05) is 0 Å². The number of guanidine groups is 2. The van der Waals surface area contributed by atoms with Crippen molar-refractivity contribution in [1.82, 2.24) is 47.9 Å². The lowest BCUT2D eigenvalue weighted by Gasteiger charge is -2.31. The van der Waals surface area contributed by atoms with Crippen molar-refractivity contribution in [2.75, 3.05) is 13.1 Å². The predicted octanol–water partition coefficient (Wildman–Crippen LogP) is -5.17. The number of nitrogens with two attached hydrogens (primary N) is 8. The number of aliphatic imine (C=N–C) groups is 2. The zero-order valence-corrected chi connectivity index (χ0v) is 54.9. The van der Waals surface area contributed by atoms with Crippen LogP contribution in [0.4, 0.5) is 0 Å². The maximum atomic E-state index is 14.4. The summed E-state index contributed by atoms with van der Waals surface area (Å²) in [5.41, 5.74) is 46.0. The number of carbonyl (C=O) groups is 12. The molecule has 0 aromatic heterocycles. The van der Waals surface area contributed by atoms with E-state index in [1.165, 1.54) is 36.4 Å². The smallest absolute Gasteiger partial charge is 0.245 e. The maximum Gasteiger partial charge on any atom is 0.245 e. The van der Waals surface area contributed by atoms with Crippen LogP contribution in [0.2, 0.25) is 0 Å². The number of nitrogens with zero attached hydrogens (tertiary/aromatic N) is 2. The molecule has 2 aromatic rings. The van der Waals surface area contributed by atoms with Gasteiger partial charge in [-0.25, -0.2) is 0 Å². The van der Waals surface area contributed by atoms with Crippen molar-refractivity contribution in [2.24, 2.45) is 73.6 Å². The first-order valence-electron chi connectivity index (χ1n) is 31.3. The molecule has 0 saturated carbocycles. The van der Waals surface area contributed by atoms with Crippen molar-refractivity contribution in [2.45, 2.75) is 192 Å². The molecule has 0 aliphatic heterocycles.